The van der Waals surface area contributed by atoms with Gasteiger partial charge in [0.2, 0.25) is 5.91 Å². The highest BCUT2D eigenvalue weighted by Gasteiger charge is 2.25. The number of fused-ring (bicyclic) bond motifs is 1. The zero-order chi connectivity index (χ0) is 17.9. The maximum atomic E-state index is 11.8. The van der Waals surface area contributed by atoms with Crippen molar-refractivity contribution in [2.24, 2.45) is 9.98 Å². The van der Waals surface area contributed by atoms with Gasteiger partial charge in [-0.2, -0.15) is 0 Å². The number of pyridine rings is 1. The molecule has 0 aromatic carbocycles. The molecule has 2 aromatic heterocycles. The molecule has 0 saturated carbocycles. The van der Waals surface area contributed by atoms with Crippen LogP contribution >= 0.6 is 0 Å². The maximum Gasteiger partial charge on any atom is 0.245 e. The van der Waals surface area contributed by atoms with Crippen molar-refractivity contribution in [3.63, 3.8) is 0 Å². The number of methoxy groups -OCH3 is 1. The Morgan fingerprint density at radius 1 is 1.23 bits per heavy atom. The van der Waals surface area contributed by atoms with Gasteiger partial charge >= 0.3 is 0 Å². The molecule has 26 heavy (non-hydrogen) atoms. The summed E-state index contributed by atoms with van der Waals surface area (Å²) in [4.78, 5) is 35.6. The lowest BCUT2D eigenvalue weighted by Crippen LogP contribution is -2.41. The molecule has 0 unspecified atom stereocenters. The summed E-state index contributed by atoms with van der Waals surface area (Å²) in [5.41, 5.74) is 2.23. The Hall–Kier alpha value is -3.20. The second kappa shape index (κ2) is 6.96. The fraction of sp³-hybridized carbons (Fsp3) is 0.294. The van der Waals surface area contributed by atoms with Gasteiger partial charge < -0.3 is 15.0 Å². The molecule has 0 aliphatic carbocycles. The van der Waals surface area contributed by atoms with Crippen molar-refractivity contribution in [3.05, 3.63) is 30.2 Å². The normalized spacial score (nSPS) is 15.7. The van der Waals surface area contributed by atoms with Gasteiger partial charge in [0, 0.05) is 31.6 Å². The van der Waals surface area contributed by atoms with Crippen LogP contribution < -0.4 is 10.2 Å². The van der Waals surface area contributed by atoms with E-state index in [2.05, 4.69) is 30.3 Å². The summed E-state index contributed by atoms with van der Waals surface area (Å²) in [6.07, 6.45) is 5.10. The van der Waals surface area contributed by atoms with Crippen LogP contribution in [0.3, 0.4) is 0 Å². The molecule has 1 amide bonds. The van der Waals surface area contributed by atoms with E-state index in [1.807, 2.05) is 17.0 Å². The minimum atomic E-state index is -0.112. The molecule has 0 fully saturated rings. The molecule has 2 aromatic rings. The Morgan fingerprint density at radius 3 is 2.88 bits per heavy atom. The van der Waals surface area contributed by atoms with Crippen molar-refractivity contribution in [2.45, 2.75) is 0 Å². The van der Waals surface area contributed by atoms with E-state index in [1.54, 1.807) is 25.7 Å². The highest BCUT2D eigenvalue weighted by Crippen LogP contribution is 2.28. The largest absolute Gasteiger partial charge is 0.383 e. The van der Waals surface area contributed by atoms with Gasteiger partial charge in [0.1, 0.15) is 5.69 Å². The molecule has 9 nitrogen and oxygen atoms in total. The van der Waals surface area contributed by atoms with Crippen LogP contribution in [-0.4, -0.2) is 66.3 Å². The lowest BCUT2D eigenvalue weighted by Gasteiger charge is -2.28. The number of ether oxygens (including phenoxy) is 1. The molecule has 2 aliphatic rings. The van der Waals surface area contributed by atoms with Gasteiger partial charge in [0.05, 0.1) is 31.6 Å². The molecule has 0 radical (unpaired) electrons. The lowest BCUT2D eigenvalue weighted by molar-refractivity contribution is -0.115. The first-order valence-corrected chi connectivity index (χ1v) is 8.19. The van der Waals surface area contributed by atoms with E-state index in [0.717, 1.165) is 11.3 Å². The number of amides is 1. The summed E-state index contributed by atoms with van der Waals surface area (Å²) < 4.78 is 5.12. The molecular formula is C17H17N7O2. The molecule has 1 N–H and O–H groups in total. The van der Waals surface area contributed by atoms with Crippen LogP contribution in [0.1, 0.15) is 5.69 Å². The third-order valence-corrected chi connectivity index (χ3v) is 4.04. The third-order valence-electron chi connectivity index (χ3n) is 4.04. The maximum absolute atomic E-state index is 11.8. The molecule has 0 atom stereocenters. The fourth-order valence-corrected chi connectivity index (χ4v) is 2.75. The monoisotopic (exact) mass is 351 g/mol. The van der Waals surface area contributed by atoms with Gasteiger partial charge in [-0.3, -0.25) is 14.8 Å². The van der Waals surface area contributed by atoms with E-state index in [0.29, 0.717) is 42.9 Å². The van der Waals surface area contributed by atoms with Gasteiger partial charge in [-0.25, -0.2) is 15.0 Å². The average Bonchev–Trinajstić information content (AvgIpc) is 3.20. The number of anilines is 2. The lowest BCUT2D eigenvalue weighted by atomic mass is 10.2. The standard InChI is InChI=1S/C17H17N7O2/c1-26-7-6-24-10-14(25)23-16-17(24)22-13(9-21-16)11-2-3-12(20-8-11)15-18-4-5-19-15/h2-4,8-9H,5-7,10H2,1H3,(H,21,23,25). The first kappa shape index (κ1) is 16.3. The van der Waals surface area contributed by atoms with Crippen LogP contribution in [0.4, 0.5) is 11.6 Å². The highest BCUT2D eigenvalue weighted by molar-refractivity contribution is 6.05. The summed E-state index contributed by atoms with van der Waals surface area (Å²) in [7, 11) is 1.62. The fourth-order valence-electron chi connectivity index (χ4n) is 2.75. The van der Waals surface area contributed by atoms with E-state index in [4.69, 9.17) is 4.74 Å². The zero-order valence-electron chi connectivity index (χ0n) is 14.2. The minimum absolute atomic E-state index is 0.112. The van der Waals surface area contributed by atoms with Crippen molar-refractivity contribution in [1.82, 2.24) is 15.0 Å². The highest BCUT2D eigenvalue weighted by atomic mass is 16.5. The van der Waals surface area contributed by atoms with E-state index >= 15 is 0 Å². The molecule has 0 spiro atoms. The van der Waals surface area contributed by atoms with Crippen molar-refractivity contribution in [3.8, 4) is 11.3 Å². The Balaban J connectivity index is 1.63. The first-order valence-electron chi connectivity index (χ1n) is 8.19. The third kappa shape index (κ3) is 3.16. The predicted molar refractivity (Wildman–Crippen MR) is 97.9 cm³/mol. The summed E-state index contributed by atoms with van der Waals surface area (Å²) in [6.45, 7) is 1.88. The number of nitrogens with zero attached hydrogens (tertiary/aromatic N) is 6. The summed E-state index contributed by atoms with van der Waals surface area (Å²) in [5, 5.41) is 2.75. The van der Waals surface area contributed by atoms with Crippen LogP contribution in [0.25, 0.3) is 11.3 Å². The number of amidine groups is 1. The van der Waals surface area contributed by atoms with Crippen molar-refractivity contribution in [2.75, 3.05) is 43.6 Å². The number of hydrogen-bond donors (Lipinski definition) is 1. The van der Waals surface area contributed by atoms with Crippen LogP contribution in [0.2, 0.25) is 0 Å². The Kier molecular flexibility index (Phi) is 4.36. The number of carbonyl (C=O) groups is 1. The zero-order valence-corrected chi connectivity index (χ0v) is 14.2. The van der Waals surface area contributed by atoms with Crippen LogP contribution in [-0.2, 0) is 9.53 Å². The smallest absolute Gasteiger partial charge is 0.245 e. The Morgan fingerprint density at radius 2 is 2.15 bits per heavy atom. The summed E-state index contributed by atoms with van der Waals surface area (Å²) in [5.74, 6) is 1.62. The number of carbonyl (C=O) groups excluding carboxylic acids is 1. The van der Waals surface area contributed by atoms with Crippen LogP contribution in [0, 0.1) is 0 Å². The molecule has 0 bridgehead atoms. The van der Waals surface area contributed by atoms with Gasteiger partial charge in [-0.05, 0) is 12.1 Å². The molecule has 4 heterocycles. The van der Waals surface area contributed by atoms with Crippen molar-refractivity contribution < 1.29 is 9.53 Å². The molecule has 0 saturated heterocycles. The minimum Gasteiger partial charge on any atom is -0.383 e. The Labute approximate surface area is 149 Å². The molecule has 132 valence electrons. The second-order valence-electron chi connectivity index (χ2n) is 5.80. The average molecular weight is 351 g/mol. The molecular weight excluding hydrogens is 334 g/mol. The quantitative estimate of drug-likeness (QED) is 0.853. The SMILES string of the molecule is COCCN1CC(=O)Nc2ncc(-c3ccc(C4=NCC=N4)nc3)nc21. The summed E-state index contributed by atoms with van der Waals surface area (Å²) >= 11 is 0. The van der Waals surface area contributed by atoms with Crippen molar-refractivity contribution >= 4 is 29.6 Å². The first-order chi connectivity index (χ1) is 12.7. The topological polar surface area (TPSA) is 105 Å². The molecule has 2 aliphatic heterocycles. The van der Waals surface area contributed by atoms with E-state index in [-0.39, 0.29) is 12.5 Å². The van der Waals surface area contributed by atoms with Crippen LogP contribution in [0.15, 0.2) is 34.5 Å². The Bertz CT molecular complexity index is 892. The van der Waals surface area contributed by atoms with E-state index < -0.39 is 0 Å². The summed E-state index contributed by atoms with van der Waals surface area (Å²) in [6, 6.07) is 3.78. The number of aliphatic imine (C=N–C) groups is 2. The number of rotatable bonds is 5. The van der Waals surface area contributed by atoms with Gasteiger partial charge in [-0.15, -0.1) is 0 Å². The van der Waals surface area contributed by atoms with Crippen molar-refractivity contribution in [1.29, 1.82) is 0 Å². The van der Waals surface area contributed by atoms with Gasteiger partial charge in [-0.1, -0.05) is 0 Å². The second-order valence-corrected chi connectivity index (χ2v) is 5.80. The predicted octanol–water partition coefficient (Wildman–Crippen LogP) is 0.774. The number of aromatic nitrogens is 3. The molecule has 4 rings (SSSR count). The van der Waals surface area contributed by atoms with E-state index in [9.17, 15) is 4.79 Å². The molecule has 9 heteroatoms. The number of nitrogens with one attached hydrogen (secondary N) is 1. The van der Waals surface area contributed by atoms with Crippen LogP contribution in [0.5, 0.6) is 0 Å². The number of hydrogen-bond acceptors (Lipinski definition) is 8. The van der Waals surface area contributed by atoms with Gasteiger partial charge in [0.15, 0.2) is 17.5 Å². The van der Waals surface area contributed by atoms with E-state index in [1.165, 1.54) is 0 Å². The van der Waals surface area contributed by atoms with Gasteiger partial charge in [0.25, 0.3) is 0 Å².